The van der Waals surface area contributed by atoms with Crippen LogP contribution in [0.25, 0.3) is 0 Å². The summed E-state index contributed by atoms with van der Waals surface area (Å²) in [6.07, 6.45) is 1.72. The minimum absolute atomic E-state index is 0.101. The Kier molecular flexibility index (Phi) is 4.63. The van der Waals surface area contributed by atoms with Crippen molar-refractivity contribution in [2.75, 3.05) is 0 Å². The third-order valence-electron chi connectivity index (χ3n) is 3.45. The minimum Gasteiger partial charge on any atom is -0.342 e. The van der Waals surface area contributed by atoms with Gasteiger partial charge in [-0.2, -0.15) is 0 Å². The molecule has 3 rings (SSSR count). The zero-order valence-electron chi connectivity index (χ0n) is 12.3. The van der Waals surface area contributed by atoms with E-state index in [9.17, 15) is 9.59 Å². The summed E-state index contributed by atoms with van der Waals surface area (Å²) in [4.78, 5) is 28.3. The van der Waals surface area contributed by atoms with Gasteiger partial charge in [-0.3, -0.25) is 9.59 Å². The van der Waals surface area contributed by atoms with Crippen LogP contribution in [0.4, 0.5) is 0 Å². The summed E-state index contributed by atoms with van der Waals surface area (Å²) in [6.45, 7) is 0.361. The lowest BCUT2D eigenvalue weighted by Gasteiger charge is -2.20. The molecule has 1 atom stereocenters. The molecule has 23 heavy (non-hydrogen) atoms. The first-order chi connectivity index (χ1) is 11.2. The van der Waals surface area contributed by atoms with Crippen molar-refractivity contribution < 1.29 is 4.79 Å². The van der Waals surface area contributed by atoms with Gasteiger partial charge < -0.3 is 9.88 Å². The molecule has 1 amide bonds. The van der Waals surface area contributed by atoms with Crippen molar-refractivity contribution in [2.24, 2.45) is 0 Å². The number of thiazole rings is 1. The van der Waals surface area contributed by atoms with E-state index >= 15 is 0 Å². The zero-order valence-corrected chi connectivity index (χ0v) is 13.1. The van der Waals surface area contributed by atoms with Crippen LogP contribution < -0.4 is 10.9 Å². The zero-order chi connectivity index (χ0) is 16.1. The molecule has 0 aliphatic carbocycles. The molecular weight excluding hydrogens is 310 g/mol. The van der Waals surface area contributed by atoms with Gasteiger partial charge in [-0.1, -0.05) is 36.4 Å². The van der Waals surface area contributed by atoms with Gasteiger partial charge >= 0.3 is 0 Å². The number of pyridine rings is 1. The number of nitrogens with zero attached hydrogens (tertiary/aromatic N) is 2. The molecule has 6 heteroatoms. The van der Waals surface area contributed by atoms with Crippen LogP contribution in [-0.4, -0.2) is 15.5 Å². The molecule has 1 N–H and O–H groups in total. The number of carbonyl (C=O) groups is 1. The number of carbonyl (C=O) groups excluding carboxylic acids is 1. The summed E-state index contributed by atoms with van der Waals surface area (Å²) in [5.41, 5.74) is 2.84. The predicted octanol–water partition coefficient (Wildman–Crippen LogP) is 2.48. The van der Waals surface area contributed by atoms with Crippen molar-refractivity contribution in [3.05, 3.63) is 87.2 Å². The van der Waals surface area contributed by atoms with Gasteiger partial charge in [0, 0.05) is 17.6 Å². The highest BCUT2D eigenvalue weighted by Crippen LogP contribution is 2.15. The van der Waals surface area contributed by atoms with E-state index in [4.69, 9.17) is 0 Å². The average molecular weight is 325 g/mol. The first-order valence-corrected chi connectivity index (χ1v) is 8.08. The van der Waals surface area contributed by atoms with E-state index in [0.717, 1.165) is 5.56 Å². The first kappa shape index (κ1) is 15.2. The third-order valence-corrected chi connectivity index (χ3v) is 4.04. The molecule has 1 aromatic carbocycles. The largest absolute Gasteiger partial charge is 0.342 e. The van der Waals surface area contributed by atoms with Crippen LogP contribution in [0.3, 0.4) is 0 Å². The third kappa shape index (κ3) is 3.73. The maximum Gasteiger partial charge on any atom is 0.271 e. The predicted molar refractivity (Wildman–Crippen MR) is 89.5 cm³/mol. The molecule has 1 unspecified atom stereocenters. The fourth-order valence-corrected chi connectivity index (χ4v) is 2.82. The summed E-state index contributed by atoms with van der Waals surface area (Å²) >= 11 is 1.37. The number of hydrogen-bond acceptors (Lipinski definition) is 4. The molecule has 3 aromatic rings. The molecule has 0 saturated heterocycles. The van der Waals surface area contributed by atoms with Gasteiger partial charge in [-0.25, -0.2) is 4.98 Å². The lowest BCUT2D eigenvalue weighted by Crippen LogP contribution is -2.34. The highest BCUT2D eigenvalue weighted by Gasteiger charge is 2.17. The molecule has 0 aliphatic rings. The number of amides is 1. The quantitative estimate of drug-likeness (QED) is 0.784. The summed E-state index contributed by atoms with van der Waals surface area (Å²) in [7, 11) is 0. The molecule has 0 aliphatic heterocycles. The van der Waals surface area contributed by atoms with Crippen LogP contribution in [0.5, 0.6) is 0 Å². The standard InChI is InChI=1S/C17H15N3O2S/c21-16-8-4-5-9-20(16)10-14(13-6-2-1-3-7-13)19-17(22)15-11-23-12-18-15/h1-9,11-12,14H,10H2,(H,19,22). The average Bonchev–Trinajstić information content (AvgIpc) is 3.11. The Bertz CT molecular complexity index is 828. The minimum atomic E-state index is -0.314. The number of benzene rings is 1. The van der Waals surface area contributed by atoms with Crippen LogP contribution in [-0.2, 0) is 6.54 Å². The van der Waals surface area contributed by atoms with Crippen LogP contribution in [0.15, 0.2) is 70.4 Å². The molecular formula is C17H15N3O2S. The Morgan fingerprint density at radius 3 is 2.65 bits per heavy atom. The number of rotatable bonds is 5. The van der Waals surface area contributed by atoms with Crippen molar-refractivity contribution in [1.82, 2.24) is 14.9 Å². The monoisotopic (exact) mass is 325 g/mol. The van der Waals surface area contributed by atoms with E-state index in [0.29, 0.717) is 12.2 Å². The van der Waals surface area contributed by atoms with E-state index in [2.05, 4.69) is 10.3 Å². The van der Waals surface area contributed by atoms with E-state index in [1.165, 1.54) is 17.4 Å². The molecule has 0 radical (unpaired) electrons. The van der Waals surface area contributed by atoms with E-state index in [1.54, 1.807) is 33.8 Å². The SMILES string of the molecule is O=C(NC(Cn1ccccc1=O)c1ccccc1)c1cscn1. The second-order valence-corrected chi connectivity index (χ2v) is 5.72. The second-order valence-electron chi connectivity index (χ2n) is 5.00. The summed E-state index contributed by atoms with van der Waals surface area (Å²) in [5, 5.41) is 4.66. The maximum atomic E-state index is 12.3. The highest BCUT2D eigenvalue weighted by atomic mass is 32.1. The Morgan fingerprint density at radius 2 is 1.96 bits per heavy atom. The van der Waals surface area contributed by atoms with Crippen molar-refractivity contribution in [1.29, 1.82) is 0 Å². The summed E-state index contributed by atoms with van der Waals surface area (Å²) in [5.74, 6) is -0.246. The molecule has 116 valence electrons. The summed E-state index contributed by atoms with van der Waals surface area (Å²) in [6, 6.07) is 14.3. The fourth-order valence-electron chi connectivity index (χ4n) is 2.28. The lowest BCUT2D eigenvalue weighted by molar-refractivity contribution is 0.0928. The van der Waals surface area contributed by atoms with Gasteiger partial charge in [0.15, 0.2) is 0 Å². The molecule has 0 saturated carbocycles. The van der Waals surface area contributed by atoms with Gasteiger partial charge in [0.2, 0.25) is 0 Å². The Morgan fingerprint density at radius 1 is 1.17 bits per heavy atom. The normalized spacial score (nSPS) is 11.8. The van der Waals surface area contributed by atoms with Gasteiger partial charge in [-0.15, -0.1) is 11.3 Å². The molecule has 0 spiro atoms. The van der Waals surface area contributed by atoms with Crippen LogP contribution >= 0.6 is 11.3 Å². The lowest BCUT2D eigenvalue weighted by atomic mass is 10.1. The van der Waals surface area contributed by atoms with Crippen molar-refractivity contribution >= 4 is 17.2 Å². The van der Waals surface area contributed by atoms with Crippen LogP contribution in [0.2, 0.25) is 0 Å². The molecule has 2 heterocycles. The van der Waals surface area contributed by atoms with Gasteiger partial charge in [0.25, 0.3) is 11.5 Å². The van der Waals surface area contributed by atoms with Gasteiger partial charge in [-0.05, 0) is 11.6 Å². The topological polar surface area (TPSA) is 64.0 Å². The number of hydrogen-bond donors (Lipinski definition) is 1. The van der Waals surface area contributed by atoms with Crippen molar-refractivity contribution in [3.8, 4) is 0 Å². The molecule has 5 nitrogen and oxygen atoms in total. The van der Waals surface area contributed by atoms with Crippen molar-refractivity contribution in [2.45, 2.75) is 12.6 Å². The fraction of sp³-hybridized carbons (Fsp3) is 0.118. The number of aromatic nitrogens is 2. The molecule has 2 aromatic heterocycles. The maximum absolute atomic E-state index is 12.3. The highest BCUT2D eigenvalue weighted by molar-refractivity contribution is 7.07. The Labute approximate surface area is 137 Å². The molecule has 0 fully saturated rings. The summed E-state index contributed by atoms with van der Waals surface area (Å²) < 4.78 is 1.58. The van der Waals surface area contributed by atoms with Crippen LogP contribution in [0.1, 0.15) is 22.1 Å². The smallest absolute Gasteiger partial charge is 0.271 e. The second kappa shape index (κ2) is 7.02. The van der Waals surface area contributed by atoms with E-state index < -0.39 is 0 Å². The van der Waals surface area contributed by atoms with E-state index in [-0.39, 0.29) is 17.5 Å². The van der Waals surface area contributed by atoms with Crippen LogP contribution in [0, 0.1) is 0 Å². The Balaban J connectivity index is 1.87. The Hall–Kier alpha value is -2.73. The van der Waals surface area contributed by atoms with Gasteiger partial charge in [0.05, 0.1) is 18.1 Å². The van der Waals surface area contributed by atoms with Crippen molar-refractivity contribution in [3.63, 3.8) is 0 Å². The molecule has 0 bridgehead atoms. The number of nitrogens with one attached hydrogen (secondary N) is 1. The van der Waals surface area contributed by atoms with E-state index in [1.807, 2.05) is 30.3 Å². The first-order valence-electron chi connectivity index (χ1n) is 7.13. The van der Waals surface area contributed by atoms with Gasteiger partial charge in [0.1, 0.15) is 5.69 Å².